The maximum Gasteiger partial charge on any atom is 0.573 e. The molecule has 212 valence electrons. The van der Waals surface area contributed by atoms with Crippen LogP contribution in [-0.2, 0) is 16.1 Å². The van der Waals surface area contributed by atoms with Crippen molar-refractivity contribution in [2.24, 2.45) is 0 Å². The molecule has 4 aliphatic rings. The van der Waals surface area contributed by atoms with Crippen molar-refractivity contribution in [2.45, 2.75) is 75.5 Å². The Bertz CT molecular complexity index is 1330. The van der Waals surface area contributed by atoms with Crippen molar-refractivity contribution in [3.05, 3.63) is 59.2 Å². The number of fused-ring (bicyclic) bond motifs is 1. The zero-order valence-electron chi connectivity index (χ0n) is 21.8. The van der Waals surface area contributed by atoms with Crippen LogP contribution in [0.4, 0.5) is 13.2 Å². The molecule has 0 aromatic heterocycles. The highest BCUT2D eigenvalue weighted by molar-refractivity contribution is 6.05. The van der Waals surface area contributed by atoms with Crippen molar-refractivity contribution in [1.82, 2.24) is 15.1 Å². The van der Waals surface area contributed by atoms with Crippen LogP contribution in [0.25, 0.3) is 0 Å². The second kappa shape index (κ2) is 10.4. The van der Waals surface area contributed by atoms with Crippen molar-refractivity contribution in [1.29, 1.82) is 0 Å². The number of alkyl halides is 3. The molecule has 2 aromatic rings. The summed E-state index contributed by atoms with van der Waals surface area (Å²) in [5.74, 6) is -0.544. The van der Waals surface area contributed by atoms with Gasteiger partial charge in [0.1, 0.15) is 23.6 Å². The Morgan fingerprint density at radius 3 is 2.50 bits per heavy atom. The number of ether oxygens (including phenoxy) is 2. The van der Waals surface area contributed by atoms with E-state index < -0.39 is 18.3 Å². The summed E-state index contributed by atoms with van der Waals surface area (Å²) in [7, 11) is 0. The molecule has 3 fully saturated rings. The summed E-state index contributed by atoms with van der Waals surface area (Å²) in [4.78, 5) is 40.6. The van der Waals surface area contributed by atoms with E-state index in [2.05, 4.69) is 15.0 Å². The smallest absolute Gasteiger partial charge is 0.489 e. The van der Waals surface area contributed by atoms with Gasteiger partial charge in [0, 0.05) is 49.1 Å². The Kier molecular flexibility index (Phi) is 6.93. The van der Waals surface area contributed by atoms with Gasteiger partial charge in [-0.15, -0.1) is 13.2 Å². The predicted octanol–water partition coefficient (Wildman–Crippen LogP) is 4.14. The zero-order valence-corrected chi connectivity index (χ0v) is 21.8. The molecule has 6 rings (SSSR count). The lowest BCUT2D eigenvalue weighted by molar-refractivity contribution is -0.275. The fourth-order valence-electron chi connectivity index (χ4n) is 6.45. The number of hydrogen-bond donors (Lipinski definition) is 1. The van der Waals surface area contributed by atoms with Gasteiger partial charge in [-0.1, -0.05) is 24.6 Å². The number of hydrogen-bond acceptors (Lipinski definition) is 6. The molecule has 1 saturated carbocycles. The Morgan fingerprint density at radius 2 is 1.73 bits per heavy atom. The summed E-state index contributed by atoms with van der Waals surface area (Å²) < 4.78 is 49.4. The quantitative estimate of drug-likeness (QED) is 0.538. The summed E-state index contributed by atoms with van der Waals surface area (Å²) in [5, 5.41) is 2.31. The molecule has 2 aromatic carbocycles. The average Bonchev–Trinajstić information content (AvgIpc) is 3.19. The van der Waals surface area contributed by atoms with Gasteiger partial charge in [-0.05, 0) is 55.5 Å². The Hall–Kier alpha value is -3.60. The minimum absolute atomic E-state index is 0.0506. The van der Waals surface area contributed by atoms with Crippen LogP contribution in [0.15, 0.2) is 42.5 Å². The van der Waals surface area contributed by atoms with E-state index in [1.54, 1.807) is 30.3 Å². The Labute approximate surface area is 229 Å². The van der Waals surface area contributed by atoms with E-state index in [1.165, 1.54) is 11.0 Å². The summed E-state index contributed by atoms with van der Waals surface area (Å²) in [6.07, 6.45) is -0.443. The number of halogens is 3. The van der Waals surface area contributed by atoms with Crippen LogP contribution in [0.1, 0.15) is 65.9 Å². The number of benzene rings is 2. The lowest BCUT2D eigenvalue weighted by Crippen LogP contribution is -2.57. The molecule has 1 aliphatic carbocycles. The molecule has 3 heterocycles. The topological polar surface area (TPSA) is 88.2 Å². The summed E-state index contributed by atoms with van der Waals surface area (Å²) in [6.45, 7) is 1.53. The van der Waals surface area contributed by atoms with E-state index in [1.807, 2.05) is 6.07 Å². The standard InChI is InChI=1S/C29H30F3N3O5/c30-29(31,32)40-24-7-3-1-5-20(24)18-14-34(15-18)22-6-2-4-8-25(22)39-19-9-10-21-17(13-19)16-35(28(21)38)23-11-12-26(36)33-27(23)37/h1,3,5,7,9-10,13,18,22-23,25H,2,4,6,8,11-12,14-16H2,(H,33,36,37)/t22-,23?,25-/m0/s1. The van der Waals surface area contributed by atoms with Crippen LogP contribution in [0.3, 0.4) is 0 Å². The largest absolute Gasteiger partial charge is 0.573 e. The van der Waals surface area contributed by atoms with Crippen LogP contribution in [0.5, 0.6) is 11.5 Å². The number of imide groups is 1. The van der Waals surface area contributed by atoms with E-state index in [0.717, 1.165) is 31.2 Å². The van der Waals surface area contributed by atoms with E-state index >= 15 is 0 Å². The number of carbonyl (C=O) groups excluding carboxylic acids is 3. The third-order valence-corrected chi connectivity index (χ3v) is 8.41. The molecular weight excluding hydrogens is 527 g/mol. The fraction of sp³-hybridized carbons (Fsp3) is 0.483. The number of rotatable bonds is 6. The number of carbonyl (C=O) groups is 3. The van der Waals surface area contributed by atoms with Crippen LogP contribution in [0, 0.1) is 0 Å². The molecule has 40 heavy (non-hydrogen) atoms. The molecule has 3 atom stereocenters. The van der Waals surface area contributed by atoms with Gasteiger partial charge in [-0.3, -0.25) is 24.6 Å². The van der Waals surface area contributed by atoms with Gasteiger partial charge in [0.2, 0.25) is 11.8 Å². The SMILES string of the molecule is O=C1CCC(N2Cc3cc(O[C@H]4CCCC[C@@H]4N4CC(c5ccccc5OC(F)(F)F)C4)ccc3C2=O)C(=O)N1. The first-order valence-corrected chi connectivity index (χ1v) is 13.7. The minimum Gasteiger partial charge on any atom is -0.489 e. The summed E-state index contributed by atoms with van der Waals surface area (Å²) in [6, 6.07) is 11.2. The molecule has 0 radical (unpaired) electrons. The third kappa shape index (κ3) is 5.26. The number of nitrogens with zero attached hydrogens (tertiary/aromatic N) is 2. The first kappa shape index (κ1) is 26.6. The van der Waals surface area contributed by atoms with Crippen molar-refractivity contribution in [2.75, 3.05) is 13.1 Å². The molecule has 11 heteroatoms. The van der Waals surface area contributed by atoms with E-state index in [0.29, 0.717) is 36.4 Å². The van der Waals surface area contributed by atoms with Gasteiger partial charge >= 0.3 is 6.36 Å². The van der Waals surface area contributed by atoms with Gasteiger partial charge < -0.3 is 14.4 Å². The first-order valence-electron chi connectivity index (χ1n) is 13.7. The first-order chi connectivity index (χ1) is 19.2. The number of piperidine rings is 1. The van der Waals surface area contributed by atoms with Crippen molar-refractivity contribution >= 4 is 17.7 Å². The molecule has 0 bridgehead atoms. The van der Waals surface area contributed by atoms with Crippen molar-refractivity contribution < 1.29 is 37.0 Å². The van der Waals surface area contributed by atoms with Crippen molar-refractivity contribution in [3.63, 3.8) is 0 Å². The number of para-hydroxylation sites is 1. The monoisotopic (exact) mass is 557 g/mol. The maximum absolute atomic E-state index is 13.0. The van der Waals surface area contributed by atoms with Gasteiger partial charge in [-0.2, -0.15) is 0 Å². The molecule has 1 unspecified atom stereocenters. The lowest BCUT2D eigenvalue weighted by atomic mass is 9.84. The van der Waals surface area contributed by atoms with Gasteiger partial charge in [0.25, 0.3) is 5.91 Å². The van der Waals surface area contributed by atoms with Crippen LogP contribution < -0.4 is 14.8 Å². The fourth-order valence-corrected chi connectivity index (χ4v) is 6.45. The average molecular weight is 558 g/mol. The molecule has 0 spiro atoms. The summed E-state index contributed by atoms with van der Waals surface area (Å²) in [5.41, 5.74) is 1.88. The molecule has 1 N–H and O–H groups in total. The molecule has 3 aliphatic heterocycles. The second-order valence-electron chi connectivity index (χ2n) is 11.0. The molecule has 8 nitrogen and oxygen atoms in total. The van der Waals surface area contributed by atoms with Crippen LogP contribution >= 0.6 is 0 Å². The summed E-state index contributed by atoms with van der Waals surface area (Å²) >= 11 is 0. The minimum atomic E-state index is -4.73. The molecule has 3 amide bonds. The molecular formula is C29H30F3N3O5. The van der Waals surface area contributed by atoms with Gasteiger partial charge in [0.15, 0.2) is 0 Å². The second-order valence-corrected chi connectivity index (χ2v) is 11.0. The predicted molar refractivity (Wildman–Crippen MR) is 137 cm³/mol. The molecule has 2 saturated heterocycles. The highest BCUT2D eigenvalue weighted by atomic mass is 19.4. The Balaban J connectivity index is 1.11. The maximum atomic E-state index is 13.0. The normalized spacial score (nSPS) is 25.8. The third-order valence-electron chi connectivity index (χ3n) is 8.41. The van der Waals surface area contributed by atoms with Crippen LogP contribution in [-0.4, -0.2) is 65.2 Å². The number of likely N-dealkylation sites (tertiary alicyclic amines) is 1. The van der Waals surface area contributed by atoms with Gasteiger partial charge in [-0.25, -0.2) is 0 Å². The van der Waals surface area contributed by atoms with Crippen molar-refractivity contribution in [3.8, 4) is 11.5 Å². The van der Waals surface area contributed by atoms with Crippen LogP contribution in [0.2, 0.25) is 0 Å². The lowest BCUT2D eigenvalue weighted by Gasteiger charge is -2.48. The zero-order chi connectivity index (χ0) is 28.0. The highest BCUT2D eigenvalue weighted by Gasteiger charge is 2.42. The number of amides is 3. The van der Waals surface area contributed by atoms with E-state index in [4.69, 9.17) is 4.74 Å². The highest BCUT2D eigenvalue weighted by Crippen LogP contribution is 2.40. The van der Waals surface area contributed by atoms with E-state index in [-0.39, 0.29) is 48.6 Å². The van der Waals surface area contributed by atoms with Gasteiger partial charge in [0.05, 0.1) is 0 Å². The van der Waals surface area contributed by atoms with E-state index in [9.17, 15) is 27.6 Å². The Morgan fingerprint density at radius 1 is 0.950 bits per heavy atom. The number of nitrogens with one attached hydrogen (secondary N) is 1.